The van der Waals surface area contributed by atoms with Crippen molar-refractivity contribution in [2.24, 2.45) is 4.99 Å². The van der Waals surface area contributed by atoms with Gasteiger partial charge in [0.15, 0.2) is 11.8 Å². The first-order valence-corrected chi connectivity index (χ1v) is 11.0. The van der Waals surface area contributed by atoms with Crippen molar-refractivity contribution in [2.75, 3.05) is 26.3 Å². The number of carbonyl (C=O) groups is 2. The van der Waals surface area contributed by atoms with Gasteiger partial charge in [-0.3, -0.25) is 4.79 Å². The Morgan fingerprint density at radius 3 is 2.83 bits per heavy atom. The Kier molecular flexibility index (Phi) is 6.13. The van der Waals surface area contributed by atoms with Gasteiger partial charge < -0.3 is 19.3 Å². The second-order valence-corrected chi connectivity index (χ2v) is 8.15. The van der Waals surface area contributed by atoms with Gasteiger partial charge in [0.2, 0.25) is 0 Å². The summed E-state index contributed by atoms with van der Waals surface area (Å²) in [6.45, 7) is 5.54. The number of fused-ring (bicyclic) bond motifs is 1. The number of aliphatic imine (C=N–C) groups is 1. The molecular formula is C22H25N3O4S. The van der Waals surface area contributed by atoms with E-state index in [4.69, 9.17) is 9.47 Å². The third-order valence-electron chi connectivity index (χ3n) is 5.31. The van der Waals surface area contributed by atoms with Gasteiger partial charge >= 0.3 is 5.97 Å². The molecule has 3 aliphatic heterocycles. The highest BCUT2D eigenvalue weighted by atomic mass is 32.2. The van der Waals surface area contributed by atoms with E-state index >= 15 is 0 Å². The number of thioether (sulfide) groups is 1. The van der Waals surface area contributed by atoms with E-state index in [9.17, 15) is 9.59 Å². The monoisotopic (exact) mass is 427 g/mol. The van der Waals surface area contributed by atoms with E-state index < -0.39 is 0 Å². The summed E-state index contributed by atoms with van der Waals surface area (Å²) in [4.78, 5) is 33.4. The average Bonchev–Trinajstić information content (AvgIpc) is 3.43. The number of esters is 1. The Balaban J connectivity index is 1.58. The minimum absolute atomic E-state index is 0.00631. The fourth-order valence-corrected chi connectivity index (χ4v) is 4.67. The zero-order chi connectivity index (χ0) is 21.1. The highest BCUT2D eigenvalue weighted by Crippen LogP contribution is 2.41. The molecule has 8 heteroatoms. The second-order valence-electron chi connectivity index (χ2n) is 7.28. The van der Waals surface area contributed by atoms with Crippen molar-refractivity contribution < 1.29 is 19.1 Å². The van der Waals surface area contributed by atoms with Gasteiger partial charge in [-0.1, -0.05) is 23.9 Å². The van der Waals surface area contributed by atoms with Gasteiger partial charge in [-0.05, 0) is 49.8 Å². The molecular weight excluding hydrogens is 402 g/mol. The minimum Gasteiger partial charge on any atom is -0.484 e. The van der Waals surface area contributed by atoms with Crippen LogP contribution in [0.5, 0.6) is 5.75 Å². The van der Waals surface area contributed by atoms with Gasteiger partial charge in [-0.25, -0.2) is 9.79 Å². The quantitative estimate of drug-likeness (QED) is 0.648. The Bertz CT molecular complexity index is 934. The summed E-state index contributed by atoms with van der Waals surface area (Å²) in [6, 6.07) is 7.18. The second kappa shape index (κ2) is 8.95. The van der Waals surface area contributed by atoms with Crippen molar-refractivity contribution in [3.05, 3.63) is 52.7 Å². The molecule has 0 aliphatic carbocycles. The summed E-state index contributed by atoms with van der Waals surface area (Å²) in [5, 5.41) is 2.77. The van der Waals surface area contributed by atoms with Crippen LogP contribution in [0.1, 0.15) is 38.3 Å². The summed E-state index contributed by atoms with van der Waals surface area (Å²) in [5.74, 6) is 0.233. The standard InChI is InChI=1S/C22H25N3O4S/c1-3-28-21(27)19-15(2)23-22-25(11-12-30-22)20(19)16-7-6-8-17(13-16)29-14-18(26)24-9-4-5-10-24/h6-8,11-13,20H,3-5,9-10,14H2,1-2H3/t20-/m0/s1. The van der Waals surface area contributed by atoms with Gasteiger partial charge in [0.05, 0.1) is 23.9 Å². The van der Waals surface area contributed by atoms with Crippen LogP contribution in [0, 0.1) is 0 Å². The molecule has 1 aromatic rings. The molecule has 1 saturated heterocycles. The number of allylic oxidation sites excluding steroid dienone is 1. The molecule has 0 spiro atoms. The summed E-state index contributed by atoms with van der Waals surface area (Å²) < 4.78 is 11.1. The summed E-state index contributed by atoms with van der Waals surface area (Å²) in [7, 11) is 0. The molecule has 3 aliphatic rings. The Labute approximate surface area is 180 Å². The Morgan fingerprint density at radius 2 is 2.07 bits per heavy atom. The van der Waals surface area contributed by atoms with Gasteiger partial charge in [0.1, 0.15) is 5.75 Å². The molecule has 1 fully saturated rings. The van der Waals surface area contributed by atoms with Crippen LogP contribution in [0.4, 0.5) is 0 Å². The van der Waals surface area contributed by atoms with E-state index in [0.29, 0.717) is 23.6 Å². The van der Waals surface area contributed by atoms with Crippen LogP contribution in [-0.2, 0) is 14.3 Å². The highest BCUT2D eigenvalue weighted by molar-refractivity contribution is 8.16. The third kappa shape index (κ3) is 4.09. The van der Waals surface area contributed by atoms with Crippen molar-refractivity contribution in [3.8, 4) is 5.75 Å². The number of hydrogen-bond donors (Lipinski definition) is 0. The van der Waals surface area contributed by atoms with Crippen LogP contribution in [0.3, 0.4) is 0 Å². The molecule has 7 nitrogen and oxygen atoms in total. The molecule has 158 valence electrons. The van der Waals surface area contributed by atoms with Crippen molar-refractivity contribution >= 4 is 28.8 Å². The first-order valence-electron chi connectivity index (χ1n) is 10.2. The molecule has 1 aromatic carbocycles. The van der Waals surface area contributed by atoms with Gasteiger partial charge in [0.25, 0.3) is 5.91 Å². The van der Waals surface area contributed by atoms with Crippen molar-refractivity contribution in [2.45, 2.75) is 32.7 Å². The maximum Gasteiger partial charge on any atom is 0.338 e. The molecule has 30 heavy (non-hydrogen) atoms. The van der Waals surface area contributed by atoms with Crippen molar-refractivity contribution in [3.63, 3.8) is 0 Å². The topological polar surface area (TPSA) is 71.4 Å². The maximum atomic E-state index is 12.7. The van der Waals surface area contributed by atoms with Crippen LogP contribution < -0.4 is 4.74 Å². The number of benzene rings is 1. The predicted molar refractivity (Wildman–Crippen MR) is 116 cm³/mol. The van der Waals surface area contributed by atoms with E-state index in [1.54, 1.807) is 6.92 Å². The van der Waals surface area contributed by atoms with Crippen LogP contribution in [0.2, 0.25) is 0 Å². The number of ether oxygens (including phenoxy) is 2. The van der Waals surface area contributed by atoms with E-state index in [0.717, 1.165) is 36.7 Å². The van der Waals surface area contributed by atoms with Gasteiger partial charge in [-0.15, -0.1) is 0 Å². The normalized spacial score (nSPS) is 20.3. The van der Waals surface area contributed by atoms with Crippen LogP contribution in [0.15, 0.2) is 52.1 Å². The summed E-state index contributed by atoms with van der Waals surface area (Å²) >= 11 is 1.52. The SMILES string of the molecule is CCOC(=O)C1=C(C)N=C2SC=CN2[C@H]1c1cccc(OCC(=O)N2CCCC2)c1. The van der Waals surface area contributed by atoms with Gasteiger partial charge in [0, 0.05) is 19.3 Å². The molecule has 0 bridgehead atoms. The number of rotatable bonds is 6. The number of amidine groups is 1. The summed E-state index contributed by atoms with van der Waals surface area (Å²) in [6.07, 6.45) is 4.03. The number of nitrogens with zero attached hydrogens (tertiary/aromatic N) is 3. The number of hydrogen-bond acceptors (Lipinski definition) is 7. The molecule has 0 unspecified atom stereocenters. The fraction of sp³-hybridized carbons (Fsp3) is 0.409. The molecule has 1 amide bonds. The van der Waals surface area contributed by atoms with E-state index in [2.05, 4.69) is 4.99 Å². The molecule has 1 atom stereocenters. The zero-order valence-electron chi connectivity index (χ0n) is 17.2. The Hall–Kier alpha value is -2.74. The largest absolute Gasteiger partial charge is 0.484 e. The molecule has 0 saturated carbocycles. The number of likely N-dealkylation sites (tertiary alicyclic amines) is 1. The Morgan fingerprint density at radius 1 is 1.27 bits per heavy atom. The molecule has 3 heterocycles. The van der Waals surface area contributed by atoms with Crippen molar-refractivity contribution in [1.82, 2.24) is 9.80 Å². The lowest BCUT2D eigenvalue weighted by atomic mass is 9.94. The van der Waals surface area contributed by atoms with Crippen LogP contribution in [0.25, 0.3) is 0 Å². The van der Waals surface area contributed by atoms with Crippen molar-refractivity contribution in [1.29, 1.82) is 0 Å². The smallest absolute Gasteiger partial charge is 0.338 e. The first kappa shape index (κ1) is 20.5. The highest BCUT2D eigenvalue weighted by Gasteiger charge is 2.37. The van der Waals surface area contributed by atoms with Crippen LogP contribution >= 0.6 is 11.8 Å². The molecule has 4 rings (SSSR count). The lowest BCUT2D eigenvalue weighted by molar-refractivity contribution is -0.139. The third-order valence-corrected chi connectivity index (χ3v) is 6.08. The van der Waals surface area contributed by atoms with E-state index in [1.165, 1.54) is 11.8 Å². The maximum absolute atomic E-state index is 12.7. The lowest BCUT2D eigenvalue weighted by Crippen LogP contribution is -2.34. The van der Waals surface area contributed by atoms with Gasteiger partial charge in [-0.2, -0.15) is 0 Å². The van der Waals surface area contributed by atoms with E-state index in [-0.39, 0.29) is 24.5 Å². The predicted octanol–water partition coefficient (Wildman–Crippen LogP) is 3.46. The fourth-order valence-electron chi connectivity index (χ4n) is 3.88. The minimum atomic E-state index is -0.372. The number of carbonyl (C=O) groups excluding carboxylic acids is 2. The molecule has 0 radical (unpaired) electrons. The molecule has 0 N–H and O–H groups in total. The van der Waals surface area contributed by atoms with E-state index in [1.807, 2.05) is 52.6 Å². The molecule has 0 aromatic heterocycles. The van der Waals surface area contributed by atoms with Crippen LogP contribution in [-0.4, -0.2) is 53.1 Å². The first-order chi connectivity index (χ1) is 14.6. The lowest BCUT2D eigenvalue weighted by Gasteiger charge is -2.33. The average molecular weight is 428 g/mol. The summed E-state index contributed by atoms with van der Waals surface area (Å²) in [5.41, 5.74) is 2.04. The number of amides is 1. The zero-order valence-corrected chi connectivity index (χ0v) is 18.0.